The van der Waals surface area contributed by atoms with Crippen molar-refractivity contribution in [3.05, 3.63) is 119 Å². The molecule has 0 saturated heterocycles. The Balaban J connectivity index is 1.53. The average molecular weight is 461 g/mol. The highest BCUT2D eigenvalue weighted by Gasteiger charge is 2.34. The minimum atomic E-state index is -0.107. The highest BCUT2D eigenvalue weighted by atomic mass is 35.5. The van der Waals surface area contributed by atoms with Gasteiger partial charge in [0.05, 0.1) is 10.6 Å². The Morgan fingerprint density at radius 3 is 2.50 bits per heavy atom. The maximum Gasteiger partial charge on any atom is 0.228 e. The van der Waals surface area contributed by atoms with E-state index >= 15 is 0 Å². The normalized spacial score (nSPS) is 14.6. The molecule has 6 heteroatoms. The van der Waals surface area contributed by atoms with Crippen LogP contribution in [0.25, 0.3) is 27.8 Å². The summed E-state index contributed by atoms with van der Waals surface area (Å²) in [6.45, 7) is 0. The van der Waals surface area contributed by atoms with E-state index in [-0.39, 0.29) is 5.92 Å². The Kier molecular flexibility index (Phi) is 4.19. The summed E-state index contributed by atoms with van der Waals surface area (Å²) in [5, 5.41) is 7.48. The minimum Gasteiger partial charge on any atom is -0.438 e. The molecule has 3 heterocycles. The first-order valence-electron chi connectivity index (χ1n) is 11.0. The van der Waals surface area contributed by atoms with Gasteiger partial charge < -0.3 is 4.74 Å². The summed E-state index contributed by atoms with van der Waals surface area (Å²) >= 11 is 6.45. The molecule has 0 spiro atoms. The van der Waals surface area contributed by atoms with E-state index in [2.05, 4.69) is 58.6 Å². The second kappa shape index (κ2) is 7.40. The summed E-state index contributed by atoms with van der Waals surface area (Å²) in [4.78, 5) is 9.58. The van der Waals surface area contributed by atoms with Gasteiger partial charge in [0.2, 0.25) is 5.88 Å². The molecule has 2 aromatic heterocycles. The Labute approximate surface area is 200 Å². The topological polar surface area (TPSA) is 52.3 Å². The molecule has 0 fully saturated rings. The number of hydrogen-bond donors (Lipinski definition) is 0. The summed E-state index contributed by atoms with van der Waals surface area (Å²) < 4.78 is 8.18. The summed E-state index contributed by atoms with van der Waals surface area (Å²) in [7, 11) is 0. The number of rotatable bonds is 2. The van der Waals surface area contributed by atoms with Gasteiger partial charge in [0.25, 0.3) is 0 Å². The Bertz CT molecular complexity index is 1710. The van der Waals surface area contributed by atoms with Crippen LogP contribution in [0.4, 0.5) is 0 Å². The minimum absolute atomic E-state index is 0.107. The number of nitrogens with zero attached hydrogens (tertiary/aromatic N) is 4. The molecule has 1 atom stereocenters. The molecule has 7 rings (SSSR count). The van der Waals surface area contributed by atoms with E-state index < -0.39 is 0 Å². The predicted octanol–water partition coefficient (Wildman–Crippen LogP) is 6.88. The van der Waals surface area contributed by atoms with Crippen molar-refractivity contribution in [1.29, 1.82) is 0 Å². The van der Waals surface area contributed by atoms with Crippen LogP contribution < -0.4 is 4.74 Å². The largest absolute Gasteiger partial charge is 0.438 e. The molecular formula is C28H17ClN4O. The zero-order valence-electron chi connectivity index (χ0n) is 17.9. The lowest BCUT2D eigenvalue weighted by Gasteiger charge is -2.28. The first kappa shape index (κ1) is 19.3. The fourth-order valence-corrected chi connectivity index (χ4v) is 5.02. The molecule has 0 saturated carbocycles. The van der Waals surface area contributed by atoms with Gasteiger partial charge in [-0.05, 0) is 23.1 Å². The van der Waals surface area contributed by atoms with Crippen LogP contribution >= 0.6 is 11.6 Å². The van der Waals surface area contributed by atoms with Gasteiger partial charge in [-0.25, -0.2) is 14.5 Å². The lowest BCUT2D eigenvalue weighted by atomic mass is 9.83. The van der Waals surface area contributed by atoms with Crippen LogP contribution in [0.15, 0.2) is 97.3 Å². The average Bonchev–Trinajstić information content (AvgIpc) is 3.32. The van der Waals surface area contributed by atoms with E-state index in [1.807, 2.05) is 42.5 Å². The van der Waals surface area contributed by atoms with Crippen LogP contribution in [0, 0.1) is 0 Å². The molecule has 6 aromatic rings. The highest BCUT2D eigenvalue weighted by Crippen LogP contribution is 2.50. The third-order valence-electron chi connectivity index (χ3n) is 6.34. The van der Waals surface area contributed by atoms with Crippen LogP contribution in [-0.4, -0.2) is 19.6 Å². The van der Waals surface area contributed by atoms with Gasteiger partial charge in [0.1, 0.15) is 12.1 Å². The number of ether oxygens (including phenoxy) is 1. The monoisotopic (exact) mass is 460 g/mol. The van der Waals surface area contributed by atoms with E-state index in [1.165, 1.54) is 0 Å². The first-order chi connectivity index (χ1) is 16.8. The van der Waals surface area contributed by atoms with E-state index in [4.69, 9.17) is 21.3 Å². The van der Waals surface area contributed by atoms with Crippen molar-refractivity contribution < 1.29 is 4.74 Å². The SMILES string of the molecule is Clc1ccccc1-c1nc2c3c(ncn2n1)Oc1c(ccc2ccccc12)[C@H]3c1ccccc1. The van der Waals surface area contributed by atoms with Crippen molar-refractivity contribution in [3.8, 4) is 23.0 Å². The zero-order valence-corrected chi connectivity index (χ0v) is 18.6. The van der Waals surface area contributed by atoms with Crippen molar-refractivity contribution in [2.24, 2.45) is 0 Å². The molecule has 0 amide bonds. The second-order valence-electron chi connectivity index (χ2n) is 8.30. The molecule has 5 nitrogen and oxygen atoms in total. The number of fused-ring (bicyclic) bond motifs is 6. The Morgan fingerprint density at radius 2 is 1.62 bits per heavy atom. The number of benzene rings is 4. The second-order valence-corrected chi connectivity index (χ2v) is 8.70. The van der Waals surface area contributed by atoms with E-state index in [0.717, 1.165) is 38.8 Å². The van der Waals surface area contributed by atoms with Crippen LogP contribution in [0.5, 0.6) is 11.6 Å². The summed E-state index contributed by atoms with van der Waals surface area (Å²) in [5.41, 5.74) is 4.59. The summed E-state index contributed by atoms with van der Waals surface area (Å²) in [6, 6.07) is 30.5. The maximum atomic E-state index is 6.47. The lowest BCUT2D eigenvalue weighted by Crippen LogP contribution is -2.15. The van der Waals surface area contributed by atoms with E-state index in [9.17, 15) is 0 Å². The van der Waals surface area contributed by atoms with Gasteiger partial charge in [-0.3, -0.25) is 0 Å². The van der Waals surface area contributed by atoms with Gasteiger partial charge in [-0.2, -0.15) is 0 Å². The van der Waals surface area contributed by atoms with Crippen LogP contribution in [0.1, 0.15) is 22.6 Å². The molecule has 1 aliphatic heterocycles. The zero-order chi connectivity index (χ0) is 22.6. The molecule has 4 aromatic carbocycles. The highest BCUT2D eigenvalue weighted by molar-refractivity contribution is 6.33. The third-order valence-corrected chi connectivity index (χ3v) is 6.67. The van der Waals surface area contributed by atoms with E-state index in [1.54, 1.807) is 10.8 Å². The van der Waals surface area contributed by atoms with Gasteiger partial charge in [-0.15, -0.1) is 5.10 Å². The number of aromatic nitrogens is 4. The van der Waals surface area contributed by atoms with Gasteiger partial charge >= 0.3 is 0 Å². The molecule has 34 heavy (non-hydrogen) atoms. The molecule has 0 aliphatic carbocycles. The molecule has 0 radical (unpaired) electrons. The summed E-state index contributed by atoms with van der Waals surface area (Å²) in [6.07, 6.45) is 1.65. The number of hydrogen-bond acceptors (Lipinski definition) is 4. The van der Waals surface area contributed by atoms with Crippen molar-refractivity contribution in [2.75, 3.05) is 0 Å². The smallest absolute Gasteiger partial charge is 0.228 e. The Hall–Kier alpha value is -4.22. The van der Waals surface area contributed by atoms with Crippen molar-refractivity contribution in [3.63, 3.8) is 0 Å². The van der Waals surface area contributed by atoms with Crippen molar-refractivity contribution in [2.45, 2.75) is 5.92 Å². The number of halogens is 1. The van der Waals surface area contributed by atoms with E-state index in [0.29, 0.717) is 22.4 Å². The van der Waals surface area contributed by atoms with Gasteiger partial charge in [-0.1, -0.05) is 90.5 Å². The quantitative estimate of drug-likeness (QED) is 0.282. The predicted molar refractivity (Wildman–Crippen MR) is 133 cm³/mol. The molecule has 162 valence electrons. The third kappa shape index (κ3) is 2.84. The van der Waals surface area contributed by atoms with Crippen molar-refractivity contribution >= 4 is 28.0 Å². The van der Waals surface area contributed by atoms with Crippen LogP contribution in [0.2, 0.25) is 5.02 Å². The standard InChI is InChI=1S/C28H17ClN4O/c29-22-13-7-6-12-20(22)26-31-27-24-23(18-9-2-1-3-10-18)21-15-14-17-8-4-5-11-19(17)25(21)34-28(24)30-16-33(27)32-26/h1-16,23H/t23-/m1/s1. The molecule has 0 unspecified atom stereocenters. The van der Waals surface area contributed by atoms with Crippen molar-refractivity contribution in [1.82, 2.24) is 19.6 Å². The molecule has 1 aliphatic rings. The van der Waals surface area contributed by atoms with Gasteiger partial charge in [0.15, 0.2) is 11.5 Å². The molecule has 0 bridgehead atoms. The Morgan fingerprint density at radius 1 is 0.824 bits per heavy atom. The molecule has 0 N–H and O–H groups in total. The van der Waals surface area contributed by atoms with Crippen LogP contribution in [0.3, 0.4) is 0 Å². The van der Waals surface area contributed by atoms with Gasteiger partial charge in [0, 0.05) is 22.4 Å². The lowest BCUT2D eigenvalue weighted by molar-refractivity contribution is 0.437. The summed E-state index contributed by atoms with van der Waals surface area (Å²) in [5.74, 6) is 1.83. The van der Waals surface area contributed by atoms with Crippen LogP contribution in [-0.2, 0) is 0 Å². The maximum absolute atomic E-state index is 6.47. The first-order valence-corrected chi connectivity index (χ1v) is 11.4. The molecular weight excluding hydrogens is 444 g/mol. The fraction of sp³-hybridized carbons (Fsp3) is 0.0357. The fourth-order valence-electron chi connectivity index (χ4n) is 4.80.